The Morgan fingerprint density at radius 3 is 2.15 bits per heavy atom. The molecule has 33 heavy (non-hydrogen) atoms. The van der Waals surface area contributed by atoms with Gasteiger partial charge in [0.15, 0.2) is 0 Å². The van der Waals surface area contributed by atoms with E-state index in [1.165, 1.54) is 48.5 Å². The van der Waals surface area contributed by atoms with Crippen molar-refractivity contribution in [2.45, 2.75) is 22.6 Å². The summed E-state index contributed by atoms with van der Waals surface area (Å²) >= 11 is 20.7. The SMILES string of the molecule is Cc1cc(F)c(Br)cc1NS(=O)(=O)c1ccc(NS(=O)(=O)c2cc(Cl)cc(Cl)c2)cc1CCl. The molecule has 0 aliphatic carbocycles. The van der Waals surface area contributed by atoms with E-state index in [0.29, 0.717) is 5.56 Å². The zero-order valence-corrected chi connectivity index (χ0v) is 22.2. The maximum absolute atomic E-state index is 13.7. The van der Waals surface area contributed by atoms with Crippen molar-refractivity contribution in [3.63, 3.8) is 0 Å². The second-order valence-electron chi connectivity index (χ2n) is 6.85. The van der Waals surface area contributed by atoms with Crippen LogP contribution in [-0.2, 0) is 25.9 Å². The second kappa shape index (κ2) is 9.97. The van der Waals surface area contributed by atoms with Gasteiger partial charge in [0.1, 0.15) is 5.82 Å². The summed E-state index contributed by atoms with van der Waals surface area (Å²) in [5.74, 6) is -0.754. The lowest BCUT2D eigenvalue weighted by atomic mass is 10.2. The van der Waals surface area contributed by atoms with Crippen LogP contribution in [0.25, 0.3) is 0 Å². The van der Waals surface area contributed by atoms with Crippen LogP contribution in [0.1, 0.15) is 11.1 Å². The molecule has 6 nitrogen and oxygen atoms in total. The van der Waals surface area contributed by atoms with Crippen molar-refractivity contribution >= 4 is 82.2 Å². The monoisotopic (exact) mass is 614 g/mol. The van der Waals surface area contributed by atoms with E-state index in [1.807, 2.05) is 0 Å². The lowest BCUT2D eigenvalue weighted by Gasteiger charge is -2.15. The fourth-order valence-corrected chi connectivity index (χ4v) is 6.62. The second-order valence-corrected chi connectivity index (χ2v) is 12.2. The highest BCUT2D eigenvalue weighted by atomic mass is 79.9. The van der Waals surface area contributed by atoms with Gasteiger partial charge in [-0.2, -0.15) is 0 Å². The lowest BCUT2D eigenvalue weighted by Crippen LogP contribution is -2.17. The highest BCUT2D eigenvalue weighted by molar-refractivity contribution is 9.10. The first-order valence-electron chi connectivity index (χ1n) is 8.98. The number of sulfonamides is 2. The Hall–Kier alpha value is -1.56. The molecule has 0 amide bonds. The summed E-state index contributed by atoms with van der Waals surface area (Å²) in [5, 5.41) is 0.277. The molecule has 0 aromatic heterocycles. The minimum absolute atomic E-state index is 0.0846. The number of anilines is 2. The topological polar surface area (TPSA) is 92.3 Å². The molecule has 3 aromatic carbocycles. The van der Waals surface area contributed by atoms with Gasteiger partial charge >= 0.3 is 0 Å². The molecule has 0 aliphatic rings. The number of rotatable bonds is 7. The van der Waals surface area contributed by atoms with Crippen molar-refractivity contribution in [3.05, 3.63) is 80.0 Å². The molecular formula is C20H15BrCl3FN2O4S2. The van der Waals surface area contributed by atoms with Crippen molar-refractivity contribution in [1.29, 1.82) is 0 Å². The summed E-state index contributed by atoms with van der Waals surface area (Å²) in [4.78, 5) is -0.325. The molecular weight excluding hydrogens is 602 g/mol. The third kappa shape index (κ3) is 6.12. The molecule has 3 rings (SSSR count). The third-order valence-electron chi connectivity index (χ3n) is 4.40. The summed E-state index contributed by atoms with van der Waals surface area (Å²) in [5.41, 5.74) is 0.774. The first kappa shape index (κ1) is 26.1. The van der Waals surface area contributed by atoms with Gasteiger partial charge in [0, 0.05) is 21.6 Å². The van der Waals surface area contributed by atoms with Gasteiger partial charge in [-0.3, -0.25) is 9.44 Å². The standard InChI is InChI=1S/C20H15BrCl3FN2O4S2/c1-11-4-18(25)17(21)9-19(11)27-33(30,31)20-3-2-15(5-12(20)10-22)26-32(28,29)16-7-13(23)6-14(24)8-16/h2-9,26-27H,10H2,1H3. The molecule has 0 saturated carbocycles. The number of hydrogen-bond donors (Lipinski definition) is 2. The van der Waals surface area contributed by atoms with Crippen LogP contribution >= 0.6 is 50.7 Å². The fourth-order valence-electron chi connectivity index (χ4n) is 2.86. The van der Waals surface area contributed by atoms with Gasteiger partial charge in [0.25, 0.3) is 20.0 Å². The molecule has 13 heteroatoms. The molecule has 0 unspecified atom stereocenters. The number of benzene rings is 3. The summed E-state index contributed by atoms with van der Waals surface area (Å²) < 4.78 is 69.9. The minimum Gasteiger partial charge on any atom is -0.280 e. The van der Waals surface area contributed by atoms with Crippen LogP contribution in [0.2, 0.25) is 10.0 Å². The van der Waals surface area contributed by atoms with Crippen molar-refractivity contribution < 1.29 is 21.2 Å². The van der Waals surface area contributed by atoms with E-state index in [2.05, 4.69) is 25.4 Å². The average Bonchev–Trinajstić information content (AvgIpc) is 2.70. The van der Waals surface area contributed by atoms with Crippen LogP contribution in [0.3, 0.4) is 0 Å². The number of alkyl halides is 1. The van der Waals surface area contributed by atoms with Gasteiger partial charge in [0.2, 0.25) is 0 Å². The Kier molecular flexibility index (Phi) is 7.87. The van der Waals surface area contributed by atoms with Gasteiger partial charge in [-0.25, -0.2) is 21.2 Å². The fraction of sp³-hybridized carbons (Fsp3) is 0.100. The predicted octanol–water partition coefficient (Wildman–Crippen LogP) is 6.54. The Morgan fingerprint density at radius 1 is 0.909 bits per heavy atom. The number of halogens is 5. The van der Waals surface area contributed by atoms with E-state index in [4.69, 9.17) is 34.8 Å². The van der Waals surface area contributed by atoms with Gasteiger partial charge < -0.3 is 0 Å². The number of hydrogen-bond acceptors (Lipinski definition) is 4. The maximum atomic E-state index is 13.7. The summed E-state index contributed by atoms with van der Waals surface area (Å²) in [6.07, 6.45) is 0. The van der Waals surface area contributed by atoms with Crippen molar-refractivity contribution in [3.8, 4) is 0 Å². The predicted molar refractivity (Wildman–Crippen MR) is 133 cm³/mol. The normalized spacial score (nSPS) is 11.9. The zero-order chi connectivity index (χ0) is 24.6. The molecule has 0 saturated heterocycles. The van der Waals surface area contributed by atoms with Crippen LogP contribution in [0, 0.1) is 12.7 Å². The first-order chi connectivity index (χ1) is 15.3. The number of nitrogens with one attached hydrogen (secondary N) is 2. The van der Waals surface area contributed by atoms with E-state index in [0.717, 1.165) is 0 Å². The molecule has 3 aromatic rings. The largest absolute Gasteiger partial charge is 0.280 e. The third-order valence-corrected chi connectivity index (χ3v) is 8.56. The molecule has 0 bridgehead atoms. The molecule has 0 atom stereocenters. The first-order valence-corrected chi connectivity index (χ1v) is 14.0. The van der Waals surface area contributed by atoms with Crippen LogP contribution in [0.4, 0.5) is 15.8 Å². The van der Waals surface area contributed by atoms with Crippen molar-refractivity contribution in [1.82, 2.24) is 0 Å². The van der Waals surface area contributed by atoms with E-state index < -0.39 is 25.9 Å². The van der Waals surface area contributed by atoms with Gasteiger partial charge in [-0.05, 0) is 82.5 Å². The van der Waals surface area contributed by atoms with Crippen molar-refractivity contribution in [2.75, 3.05) is 9.44 Å². The summed E-state index contributed by atoms with van der Waals surface area (Å²) in [6, 6.07) is 10.1. The zero-order valence-electron chi connectivity index (χ0n) is 16.7. The molecule has 0 fully saturated rings. The van der Waals surface area contributed by atoms with Crippen LogP contribution in [0.5, 0.6) is 0 Å². The Labute approximate surface area is 214 Å². The molecule has 0 heterocycles. The molecule has 176 valence electrons. The number of aryl methyl sites for hydroxylation is 1. The maximum Gasteiger partial charge on any atom is 0.262 e. The van der Waals surface area contributed by atoms with E-state index >= 15 is 0 Å². The molecule has 0 aliphatic heterocycles. The van der Waals surface area contributed by atoms with Crippen molar-refractivity contribution in [2.24, 2.45) is 0 Å². The van der Waals surface area contributed by atoms with Gasteiger partial charge in [0.05, 0.1) is 20.0 Å². The highest BCUT2D eigenvalue weighted by Gasteiger charge is 2.22. The van der Waals surface area contributed by atoms with E-state index in [9.17, 15) is 21.2 Å². The molecule has 0 spiro atoms. The Balaban J connectivity index is 1.94. The van der Waals surface area contributed by atoms with Gasteiger partial charge in [-0.15, -0.1) is 11.6 Å². The lowest BCUT2D eigenvalue weighted by molar-refractivity contribution is 0.599. The average molecular weight is 617 g/mol. The van der Waals surface area contributed by atoms with E-state index in [-0.39, 0.29) is 47.1 Å². The van der Waals surface area contributed by atoms with Crippen LogP contribution in [0.15, 0.2) is 62.8 Å². The smallest absolute Gasteiger partial charge is 0.262 e. The van der Waals surface area contributed by atoms with Crippen LogP contribution < -0.4 is 9.44 Å². The van der Waals surface area contributed by atoms with Crippen LogP contribution in [-0.4, -0.2) is 16.8 Å². The van der Waals surface area contributed by atoms with Gasteiger partial charge in [-0.1, -0.05) is 23.2 Å². The Bertz CT molecular complexity index is 1430. The van der Waals surface area contributed by atoms with E-state index in [1.54, 1.807) is 6.92 Å². The minimum atomic E-state index is -4.12. The summed E-state index contributed by atoms with van der Waals surface area (Å²) in [7, 11) is -8.18. The Morgan fingerprint density at radius 2 is 1.55 bits per heavy atom. The quantitative estimate of drug-likeness (QED) is 0.295. The summed E-state index contributed by atoms with van der Waals surface area (Å²) in [6.45, 7) is 1.55. The highest BCUT2D eigenvalue weighted by Crippen LogP contribution is 2.30. The molecule has 2 N–H and O–H groups in total. The molecule has 0 radical (unpaired) electrons.